The van der Waals surface area contributed by atoms with Gasteiger partial charge in [-0.3, -0.25) is 0 Å². The van der Waals surface area contributed by atoms with Crippen LogP contribution in [0.15, 0.2) is 36.4 Å². The van der Waals surface area contributed by atoms with Gasteiger partial charge < -0.3 is 0 Å². The fraction of sp³-hybridized carbons (Fsp3) is 0.643. The fourth-order valence-corrected chi connectivity index (χ4v) is 5.52. The summed E-state index contributed by atoms with van der Waals surface area (Å²) in [5, 5.41) is 0. The molecule has 0 N–H and O–H groups in total. The monoisotopic (exact) mass is 376 g/mol. The van der Waals surface area contributed by atoms with E-state index in [1.165, 1.54) is 76.2 Å². The highest BCUT2D eigenvalue weighted by Gasteiger charge is 2.29. The van der Waals surface area contributed by atoms with Crippen molar-refractivity contribution in [1.29, 1.82) is 0 Å². The zero-order valence-corrected chi connectivity index (χ0v) is 18.3. The summed E-state index contributed by atoms with van der Waals surface area (Å²) in [6.45, 7) is 4.57. The maximum Gasteiger partial charge on any atom is 0.0249 e. The van der Waals surface area contributed by atoms with Crippen LogP contribution in [-0.4, -0.2) is 0 Å². The van der Waals surface area contributed by atoms with E-state index in [1.54, 1.807) is 0 Å². The third-order valence-corrected chi connectivity index (χ3v) is 7.23. The zero-order chi connectivity index (χ0) is 19.6. The van der Waals surface area contributed by atoms with Crippen LogP contribution in [0.5, 0.6) is 0 Å². The van der Waals surface area contributed by atoms with Crippen molar-refractivity contribution in [2.75, 3.05) is 0 Å². The van der Waals surface area contributed by atoms with Gasteiger partial charge in [-0.05, 0) is 92.4 Å². The first kappa shape index (κ1) is 21.2. The van der Waals surface area contributed by atoms with Crippen molar-refractivity contribution in [1.82, 2.24) is 0 Å². The first-order valence-corrected chi connectivity index (χ1v) is 12.1. The minimum absolute atomic E-state index is 0.758. The molecule has 0 atom stereocenters. The van der Waals surface area contributed by atoms with Crippen molar-refractivity contribution < 1.29 is 0 Å². The molecular weight excluding hydrogens is 336 g/mol. The summed E-state index contributed by atoms with van der Waals surface area (Å²) in [4.78, 5) is 0. The Morgan fingerprint density at radius 3 is 2.07 bits per heavy atom. The molecule has 0 radical (unpaired) electrons. The van der Waals surface area contributed by atoms with Gasteiger partial charge in [0.2, 0.25) is 0 Å². The molecule has 0 saturated heterocycles. The Morgan fingerprint density at radius 1 is 0.821 bits per heavy atom. The van der Waals surface area contributed by atoms with E-state index in [1.807, 2.05) is 0 Å². The lowest BCUT2D eigenvalue weighted by atomic mass is 9.69. The lowest BCUT2D eigenvalue weighted by Gasteiger charge is -2.37. The molecule has 0 nitrogen and oxygen atoms in total. The van der Waals surface area contributed by atoms with Crippen molar-refractivity contribution in [2.45, 2.75) is 90.9 Å². The topological polar surface area (TPSA) is 0 Å². The van der Waals surface area contributed by atoms with Gasteiger partial charge in [0.1, 0.15) is 0 Å². The first-order valence-electron chi connectivity index (χ1n) is 12.1. The average Bonchev–Trinajstić information content (AvgIpc) is 2.74. The predicted molar refractivity (Wildman–Crippen MR) is 122 cm³/mol. The molecule has 3 rings (SSSR count). The Morgan fingerprint density at radius 2 is 1.46 bits per heavy atom. The normalized spacial score (nSPS) is 28.1. The number of hydrogen-bond acceptors (Lipinski definition) is 0. The molecule has 0 spiro atoms. The lowest BCUT2D eigenvalue weighted by molar-refractivity contribution is 0.152. The van der Waals surface area contributed by atoms with E-state index >= 15 is 0 Å². The highest BCUT2D eigenvalue weighted by Crippen LogP contribution is 2.42. The van der Waals surface area contributed by atoms with Crippen LogP contribution in [0.25, 0.3) is 0 Å². The summed E-state index contributed by atoms with van der Waals surface area (Å²) in [7, 11) is 0. The van der Waals surface area contributed by atoms with E-state index in [0.717, 1.165) is 35.7 Å². The van der Waals surface area contributed by atoms with Crippen LogP contribution in [0.2, 0.25) is 0 Å². The van der Waals surface area contributed by atoms with Crippen LogP contribution in [0.3, 0.4) is 0 Å². The molecule has 2 aliphatic rings. The van der Waals surface area contributed by atoms with Crippen molar-refractivity contribution in [3.05, 3.63) is 47.5 Å². The van der Waals surface area contributed by atoms with Crippen molar-refractivity contribution in [3.8, 4) is 11.8 Å². The van der Waals surface area contributed by atoms with Gasteiger partial charge in [-0.2, -0.15) is 0 Å². The molecule has 152 valence electrons. The molecule has 2 saturated carbocycles. The summed E-state index contributed by atoms with van der Waals surface area (Å²) >= 11 is 0. The van der Waals surface area contributed by atoms with Crippen molar-refractivity contribution >= 4 is 0 Å². The van der Waals surface area contributed by atoms with Crippen LogP contribution >= 0.6 is 0 Å². The Balaban J connectivity index is 1.39. The van der Waals surface area contributed by atoms with Crippen LogP contribution in [0.1, 0.15) is 95.6 Å². The highest BCUT2D eigenvalue weighted by atomic mass is 14.3. The summed E-state index contributed by atoms with van der Waals surface area (Å²) in [6.07, 6.45) is 21.4. The largest absolute Gasteiger partial charge is 0.0730 e. The summed E-state index contributed by atoms with van der Waals surface area (Å²) in [5.41, 5.74) is 2.55. The van der Waals surface area contributed by atoms with Gasteiger partial charge >= 0.3 is 0 Å². The van der Waals surface area contributed by atoms with Gasteiger partial charge in [0, 0.05) is 5.56 Å². The quantitative estimate of drug-likeness (QED) is 0.442. The van der Waals surface area contributed by atoms with Crippen LogP contribution in [-0.2, 0) is 6.42 Å². The molecule has 0 bridgehead atoms. The molecule has 1 aromatic rings. The predicted octanol–water partition coefficient (Wildman–Crippen LogP) is 7.96. The minimum Gasteiger partial charge on any atom is -0.0730 e. The van der Waals surface area contributed by atoms with Crippen molar-refractivity contribution in [2.24, 2.45) is 23.7 Å². The Labute approximate surface area is 174 Å². The second-order valence-electron chi connectivity index (χ2n) is 9.32. The third kappa shape index (κ3) is 6.55. The Bertz CT molecular complexity index is 638. The number of aryl methyl sites for hydroxylation is 1. The Hall–Kier alpha value is -1.48. The van der Waals surface area contributed by atoms with Gasteiger partial charge in [-0.1, -0.05) is 76.0 Å². The van der Waals surface area contributed by atoms with Crippen LogP contribution in [0.4, 0.5) is 0 Å². The van der Waals surface area contributed by atoms with Gasteiger partial charge in [0.05, 0.1) is 0 Å². The number of benzene rings is 1. The number of allylic oxidation sites excluding steroid dienone is 2. The van der Waals surface area contributed by atoms with Crippen LogP contribution in [0, 0.1) is 35.5 Å². The summed E-state index contributed by atoms with van der Waals surface area (Å²) in [5.74, 6) is 10.4. The van der Waals surface area contributed by atoms with E-state index in [2.05, 4.69) is 62.1 Å². The smallest absolute Gasteiger partial charge is 0.0249 e. The average molecular weight is 377 g/mol. The number of rotatable bonds is 6. The van der Waals surface area contributed by atoms with Gasteiger partial charge in [-0.25, -0.2) is 0 Å². The zero-order valence-electron chi connectivity index (χ0n) is 18.3. The molecule has 28 heavy (non-hydrogen) atoms. The molecule has 2 fully saturated rings. The SMILES string of the molecule is CCCc1ccc(C#C/C=C/C2CCC(C3CCC(CCC)CC3)CC2)cc1. The Kier molecular flexibility index (Phi) is 8.72. The molecular formula is C28H40. The first-order chi connectivity index (χ1) is 13.8. The minimum atomic E-state index is 0.758. The highest BCUT2D eigenvalue weighted by molar-refractivity contribution is 5.38. The van der Waals surface area contributed by atoms with E-state index in [-0.39, 0.29) is 0 Å². The van der Waals surface area contributed by atoms with Gasteiger partial charge in [-0.15, -0.1) is 0 Å². The summed E-state index contributed by atoms with van der Waals surface area (Å²) in [6, 6.07) is 8.75. The second kappa shape index (κ2) is 11.5. The maximum absolute atomic E-state index is 3.29. The molecule has 1 aromatic carbocycles. The summed E-state index contributed by atoms with van der Waals surface area (Å²) < 4.78 is 0. The maximum atomic E-state index is 3.29. The molecule has 0 amide bonds. The van der Waals surface area contributed by atoms with Gasteiger partial charge in [0.25, 0.3) is 0 Å². The molecule has 2 aliphatic carbocycles. The van der Waals surface area contributed by atoms with E-state index < -0.39 is 0 Å². The van der Waals surface area contributed by atoms with E-state index in [4.69, 9.17) is 0 Å². The lowest BCUT2D eigenvalue weighted by Crippen LogP contribution is -2.25. The third-order valence-electron chi connectivity index (χ3n) is 7.23. The number of hydrogen-bond donors (Lipinski definition) is 0. The van der Waals surface area contributed by atoms with Crippen molar-refractivity contribution in [3.63, 3.8) is 0 Å². The standard InChI is InChI=1S/C28H40/c1-3-7-23-11-13-25(14-12-23)9-5-6-10-26-17-21-28(22-18-26)27-19-15-24(8-4-2)16-20-27/h6,10-14,24,26-28H,3-4,7-8,15-22H2,1-2H3/b10-6+. The van der Waals surface area contributed by atoms with E-state index in [9.17, 15) is 0 Å². The fourth-order valence-electron chi connectivity index (χ4n) is 5.52. The molecule has 0 aliphatic heterocycles. The molecule has 0 aromatic heterocycles. The molecule has 0 heteroatoms. The second-order valence-corrected chi connectivity index (χ2v) is 9.32. The molecule has 0 unspecified atom stereocenters. The van der Waals surface area contributed by atoms with Gasteiger partial charge in [0.15, 0.2) is 0 Å². The van der Waals surface area contributed by atoms with Crippen LogP contribution < -0.4 is 0 Å². The molecule has 0 heterocycles. The van der Waals surface area contributed by atoms with E-state index in [0.29, 0.717) is 0 Å².